The molecule has 0 fully saturated rings. The summed E-state index contributed by atoms with van der Waals surface area (Å²) in [6.07, 6.45) is 0. The molecule has 1 atom stereocenters. The van der Waals surface area contributed by atoms with Crippen molar-refractivity contribution in [1.29, 1.82) is 0 Å². The molecule has 94 valence electrons. The molecule has 0 aliphatic heterocycles. The van der Waals surface area contributed by atoms with Crippen LogP contribution in [0.15, 0.2) is 23.1 Å². The van der Waals surface area contributed by atoms with Gasteiger partial charge in [-0.1, -0.05) is 11.6 Å². The topological polar surface area (TPSA) is 115 Å². The number of hydrogen-bond acceptors (Lipinski definition) is 4. The van der Waals surface area contributed by atoms with Gasteiger partial charge < -0.3 is 11.1 Å². The third-order valence-corrected chi connectivity index (χ3v) is 3.18. The van der Waals surface area contributed by atoms with E-state index < -0.39 is 22.0 Å². The van der Waals surface area contributed by atoms with E-state index in [1.807, 2.05) is 0 Å². The van der Waals surface area contributed by atoms with Crippen LogP contribution in [0.2, 0.25) is 5.02 Å². The number of nitrogens with two attached hydrogens (primary N) is 2. The summed E-state index contributed by atoms with van der Waals surface area (Å²) in [6.45, 7) is 1.49. The number of halogens is 1. The molecule has 1 rings (SSSR count). The molecule has 5 N–H and O–H groups in total. The smallest absolute Gasteiger partial charge is 0.241 e. The van der Waals surface area contributed by atoms with Crippen LogP contribution in [0.1, 0.15) is 6.92 Å². The maximum Gasteiger partial charge on any atom is 0.241 e. The largest absolute Gasteiger partial charge is 0.323 e. The second-order valence-electron chi connectivity index (χ2n) is 3.46. The summed E-state index contributed by atoms with van der Waals surface area (Å²) in [5.41, 5.74) is 5.51. The van der Waals surface area contributed by atoms with Gasteiger partial charge in [-0.25, -0.2) is 13.6 Å². The molecule has 0 aliphatic rings. The maximum atomic E-state index is 11.3. The summed E-state index contributed by atoms with van der Waals surface area (Å²) in [5, 5.41) is 7.56. The van der Waals surface area contributed by atoms with E-state index in [1.54, 1.807) is 0 Å². The normalized spacial score (nSPS) is 13.2. The molecule has 0 unspecified atom stereocenters. The molecular weight excluding hydrogens is 266 g/mol. The Morgan fingerprint density at radius 3 is 2.53 bits per heavy atom. The van der Waals surface area contributed by atoms with Crippen LogP contribution in [-0.4, -0.2) is 20.4 Å². The van der Waals surface area contributed by atoms with Gasteiger partial charge in [0.15, 0.2) is 0 Å². The van der Waals surface area contributed by atoms with E-state index in [0.29, 0.717) is 0 Å². The molecule has 0 spiro atoms. The van der Waals surface area contributed by atoms with Crippen LogP contribution in [0.4, 0.5) is 5.69 Å². The molecule has 6 nitrogen and oxygen atoms in total. The third kappa shape index (κ3) is 3.67. The fourth-order valence-electron chi connectivity index (χ4n) is 1.02. The zero-order chi connectivity index (χ0) is 13.2. The Hall–Kier alpha value is -1.15. The highest BCUT2D eigenvalue weighted by Crippen LogP contribution is 2.24. The molecule has 0 saturated carbocycles. The van der Waals surface area contributed by atoms with Gasteiger partial charge in [0.25, 0.3) is 0 Å². The number of rotatable bonds is 3. The highest BCUT2D eigenvalue weighted by molar-refractivity contribution is 7.89. The lowest BCUT2D eigenvalue weighted by Gasteiger charge is -2.10. The van der Waals surface area contributed by atoms with Crippen molar-refractivity contribution in [3.05, 3.63) is 23.2 Å². The lowest BCUT2D eigenvalue weighted by Crippen LogP contribution is -2.32. The molecule has 17 heavy (non-hydrogen) atoms. The van der Waals surface area contributed by atoms with E-state index in [2.05, 4.69) is 5.32 Å². The van der Waals surface area contributed by atoms with Crippen LogP contribution in [0.3, 0.4) is 0 Å². The first-order valence-corrected chi connectivity index (χ1v) is 6.53. The number of sulfonamides is 1. The zero-order valence-corrected chi connectivity index (χ0v) is 10.5. The van der Waals surface area contributed by atoms with Crippen LogP contribution in [0.25, 0.3) is 0 Å². The SMILES string of the molecule is C[C@H](N)C(=O)Nc1cc(S(N)(=O)=O)ccc1Cl. The highest BCUT2D eigenvalue weighted by atomic mass is 35.5. The van der Waals surface area contributed by atoms with Crippen molar-refractivity contribution in [2.75, 3.05) is 5.32 Å². The second-order valence-corrected chi connectivity index (χ2v) is 5.43. The van der Waals surface area contributed by atoms with E-state index >= 15 is 0 Å². The molecule has 0 bridgehead atoms. The first kappa shape index (κ1) is 13.9. The number of nitrogens with one attached hydrogen (secondary N) is 1. The Labute approximate surface area is 104 Å². The van der Waals surface area contributed by atoms with Gasteiger partial charge in [-0.2, -0.15) is 0 Å². The van der Waals surface area contributed by atoms with E-state index in [9.17, 15) is 13.2 Å². The molecule has 0 aliphatic carbocycles. The van der Waals surface area contributed by atoms with Crippen LogP contribution >= 0.6 is 11.6 Å². The van der Waals surface area contributed by atoms with Gasteiger partial charge in [0.2, 0.25) is 15.9 Å². The molecular formula is C9H12ClN3O3S. The summed E-state index contributed by atoms with van der Waals surface area (Å²) in [4.78, 5) is 11.2. The number of carbonyl (C=O) groups excluding carboxylic acids is 1. The van der Waals surface area contributed by atoms with Crippen molar-refractivity contribution in [1.82, 2.24) is 0 Å². The fraction of sp³-hybridized carbons (Fsp3) is 0.222. The van der Waals surface area contributed by atoms with Crippen molar-refractivity contribution < 1.29 is 13.2 Å². The summed E-state index contributed by atoms with van der Waals surface area (Å²) in [7, 11) is -3.84. The first-order valence-electron chi connectivity index (χ1n) is 4.60. The second kappa shape index (κ2) is 5.01. The minimum atomic E-state index is -3.84. The molecule has 1 amide bonds. The fourth-order valence-corrected chi connectivity index (χ4v) is 1.73. The van der Waals surface area contributed by atoms with Gasteiger partial charge in [0.05, 0.1) is 21.6 Å². The number of benzene rings is 1. The Bertz CT molecular complexity index is 542. The van der Waals surface area contributed by atoms with E-state index in [-0.39, 0.29) is 15.6 Å². The molecule has 0 aromatic heterocycles. The first-order chi connectivity index (χ1) is 7.71. The van der Waals surface area contributed by atoms with Crippen LogP contribution in [0, 0.1) is 0 Å². The minimum Gasteiger partial charge on any atom is -0.323 e. The average Bonchev–Trinajstić information content (AvgIpc) is 2.19. The Morgan fingerprint density at radius 2 is 2.06 bits per heavy atom. The summed E-state index contributed by atoms with van der Waals surface area (Å²) < 4.78 is 22.2. The minimum absolute atomic E-state index is 0.137. The van der Waals surface area contributed by atoms with E-state index in [4.69, 9.17) is 22.5 Å². The van der Waals surface area contributed by atoms with E-state index in [1.165, 1.54) is 25.1 Å². The Balaban J connectivity index is 3.12. The number of anilines is 1. The Morgan fingerprint density at radius 1 is 1.47 bits per heavy atom. The summed E-state index contributed by atoms with van der Waals surface area (Å²) >= 11 is 5.80. The van der Waals surface area contributed by atoms with Crippen molar-refractivity contribution in [2.45, 2.75) is 17.9 Å². The molecule has 8 heteroatoms. The standard InChI is InChI=1S/C9H12ClN3O3S/c1-5(11)9(14)13-8-4-6(17(12,15)16)2-3-7(8)10/h2-5H,11H2,1H3,(H,13,14)(H2,12,15,16)/t5-/m0/s1. The monoisotopic (exact) mass is 277 g/mol. The quantitative estimate of drug-likeness (QED) is 0.735. The van der Waals surface area contributed by atoms with Crippen molar-refractivity contribution in [2.24, 2.45) is 10.9 Å². The number of carbonyl (C=O) groups is 1. The van der Waals surface area contributed by atoms with Crippen molar-refractivity contribution >= 4 is 33.2 Å². The third-order valence-electron chi connectivity index (χ3n) is 1.94. The highest BCUT2D eigenvalue weighted by Gasteiger charge is 2.14. The maximum absolute atomic E-state index is 11.3. The number of hydrogen-bond donors (Lipinski definition) is 3. The number of amides is 1. The average molecular weight is 278 g/mol. The van der Waals surface area contributed by atoms with Crippen molar-refractivity contribution in [3.63, 3.8) is 0 Å². The predicted octanol–water partition coefficient (Wildman–Crippen LogP) is 0.273. The van der Waals surface area contributed by atoms with Crippen LogP contribution < -0.4 is 16.2 Å². The van der Waals surface area contributed by atoms with Crippen LogP contribution in [-0.2, 0) is 14.8 Å². The molecule has 0 saturated heterocycles. The Kier molecular flexibility index (Phi) is 4.10. The van der Waals surface area contributed by atoms with Gasteiger partial charge >= 0.3 is 0 Å². The van der Waals surface area contributed by atoms with Gasteiger partial charge in [-0.15, -0.1) is 0 Å². The van der Waals surface area contributed by atoms with Crippen molar-refractivity contribution in [3.8, 4) is 0 Å². The van der Waals surface area contributed by atoms with Gasteiger partial charge in [0.1, 0.15) is 0 Å². The summed E-state index contributed by atoms with van der Waals surface area (Å²) in [6, 6.07) is 3.03. The predicted molar refractivity (Wildman–Crippen MR) is 65.1 cm³/mol. The van der Waals surface area contributed by atoms with E-state index in [0.717, 1.165) is 0 Å². The van der Waals surface area contributed by atoms with Crippen LogP contribution in [0.5, 0.6) is 0 Å². The lowest BCUT2D eigenvalue weighted by molar-refractivity contribution is -0.117. The zero-order valence-electron chi connectivity index (χ0n) is 8.98. The molecule has 1 aromatic carbocycles. The molecule has 0 heterocycles. The van der Waals surface area contributed by atoms with Gasteiger partial charge in [-0.3, -0.25) is 4.79 Å². The van der Waals surface area contributed by atoms with Gasteiger partial charge in [0, 0.05) is 0 Å². The van der Waals surface area contributed by atoms with Gasteiger partial charge in [-0.05, 0) is 25.1 Å². The summed E-state index contributed by atoms with van der Waals surface area (Å²) in [5.74, 6) is -0.474. The molecule has 0 radical (unpaired) electrons. The lowest BCUT2D eigenvalue weighted by atomic mass is 10.3. The number of primary sulfonamides is 1. The molecule has 1 aromatic rings.